The van der Waals surface area contributed by atoms with Gasteiger partial charge in [0.2, 0.25) is 23.6 Å². The van der Waals surface area contributed by atoms with Gasteiger partial charge < -0.3 is 14.9 Å². The van der Waals surface area contributed by atoms with Gasteiger partial charge in [0.25, 0.3) is 0 Å². The van der Waals surface area contributed by atoms with Crippen LogP contribution in [-0.2, 0) is 31.0 Å². The molecule has 270 valence electrons. The molecule has 8 rings (SSSR count). The molecule has 2 aliphatic heterocycles. The quantitative estimate of drug-likeness (QED) is 0.144. The SMILES string of the molecule is COc1cc([C@H]2C3=CC[C@@H]4C(=O)N(CCc5ccc(O)cc5)C(=O)[C@@H]4[C@@H]3C[C@H]3C(=O)N(c4cccc(Cl)c4)C(=O)[C@@]23c2ccccc2)c(Br)c(Br)c1O. The van der Waals surface area contributed by atoms with Crippen molar-refractivity contribution in [1.29, 1.82) is 0 Å². The summed E-state index contributed by atoms with van der Waals surface area (Å²) in [4.78, 5) is 61.5. The maximum Gasteiger partial charge on any atom is 0.246 e. The number of likely N-dealkylation sites (tertiary alicyclic amines) is 1. The van der Waals surface area contributed by atoms with Crippen molar-refractivity contribution in [3.05, 3.63) is 127 Å². The molecule has 0 unspecified atom stereocenters. The average molecular weight is 861 g/mol. The lowest BCUT2D eigenvalue weighted by atomic mass is 9.49. The number of methoxy groups -OCH3 is 1. The van der Waals surface area contributed by atoms with Crippen LogP contribution in [0.5, 0.6) is 17.2 Å². The minimum atomic E-state index is -1.50. The first kappa shape index (κ1) is 35.6. The van der Waals surface area contributed by atoms with E-state index in [-0.39, 0.29) is 48.4 Å². The van der Waals surface area contributed by atoms with Crippen molar-refractivity contribution in [3.63, 3.8) is 0 Å². The summed E-state index contributed by atoms with van der Waals surface area (Å²) in [6.07, 6.45) is 2.84. The summed E-state index contributed by atoms with van der Waals surface area (Å²) < 4.78 is 6.38. The number of carbonyl (C=O) groups excluding carboxylic acids is 4. The topological polar surface area (TPSA) is 124 Å². The maximum absolute atomic E-state index is 15.5. The van der Waals surface area contributed by atoms with Crippen LogP contribution in [0.1, 0.15) is 35.4 Å². The summed E-state index contributed by atoms with van der Waals surface area (Å²) in [5, 5.41) is 21.1. The van der Waals surface area contributed by atoms with Gasteiger partial charge in [-0.05, 0) is 110 Å². The van der Waals surface area contributed by atoms with E-state index in [0.717, 1.165) is 11.1 Å². The second kappa shape index (κ2) is 13.4. The molecule has 4 aromatic carbocycles. The van der Waals surface area contributed by atoms with Gasteiger partial charge in [-0.3, -0.25) is 24.1 Å². The van der Waals surface area contributed by atoms with Gasteiger partial charge in [-0.25, -0.2) is 4.90 Å². The van der Waals surface area contributed by atoms with Crippen LogP contribution in [0.25, 0.3) is 0 Å². The predicted molar refractivity (Wildman–Crippen MR) is 205 cm³/mol. The zero-order valence-electron chi connectivity index (χ0n) is 28.3. The maximum atomic E-state index is 15.5. The molecule has 2 heterocycles. The number of nitrogens with zero attached hydrogens (tertiary/aromatic N) is 2. The molecule has 0 spiro atoms. The van der Waals surface area contributed by atoms with Gasteiger partial charge in [-0.2, -0.15) is 0 Å². The number of aromatic hydroxyl groups is 2. The molecule has 12 heteroatoms. The highest BCUT2D eigenvalue weighted by Gasteiger charge is 2.70. The molecule has 0 bridgehead atoms. The first-order chi connectivity index (χ1) is 25.5. The zero-order chi connectivity index (χ0) is 37.3. The summed E-state index contributed by atoms with van der Waals surface area (Å²) in [7, 11) is 1.43. The number of hydrogen-bond donors (Lipinski definition) is 2. The Hall–Kier alpha value is -4.45. The number of ether oxygens (including phenoxy) is 1. The van der Waals surface area contributed by atoms with E-state index in [1.54, 1.807) is 54.6 Å². The number of allylic oxidation sites excluding steroid dienone is 2. The molecule has 2 N–H and O–H groups in total. The Morgan fingerprint density at radius 2 is 1.60 bits per heavy atom. The molecule has 9 nitrogen and oxygen atoms in total. The number of benzene rings is 4. The van der Waals surface area contributed by atoms with E-state index in [4.69, 9.17) is 16.3 Å². The van der Waals surface area contributed by atoms with E-state index in [9.17, 15) is 24.6 Å². The van der Waals surface area contributed by atoms with Crippen molar-refractivity contribution in [3.8, 4) is 17.2 Å². The van der Waals surface area contributed by atoms with E-state index < -0.39 is 46.8 Å². The summed E-state index contributed by atoms with van der Waals surface area (Å²) in [5.41, 5.74) is 1.69. The van der Waals surface area contributed by atoms with Crippen LogP contribution in [0, 0.1) is 23.7 Å². The van der Waals surface area contributed by atoms with Crippen molar-refractivity contribution in [1.82, 2.24) is 4.90 Å². The molecule has 1 saturated carbocycles. The lowest BCUT2D eigenvalue weighted by Gasteiger charge is -2.51. The molecule has 3 fully saturated rings. The fraction of sp³-hybridized carbons (Fsp3) is 0.268. The number of amides is 4. The molecule has 4 aliphatic rings. The van der Waals surface area contributed by atoms with Crippen molar-refractivity contribution in [2.24, 2.45) is 23.7 Å². The van der Waals surface area contributed by atoms with Crippen LogP contribution in [0.3, 0.4) is 0 Å². The average Bonchev–Trinajstić information content (AvgIpc) is 3.54. The molecule has 2 aliphatic carbocycles. The summed E-state index contributed by atoms with van der Waals surface area (Å²) in [6.45, 7) is 0.173. The van der Waals surface area contributed by atoms with Gasteiger partial charge in [-0.1, -0.05) is 71.8 Å². The largest absolute Gasteiger partial charge is 0.508 e. The summed E-state index contributed by atoms with van der Waals surface area (Å²) >= 11 is 13.7. The number of hydrogen-bond acceptors (Lipinski definition) is 7. The van der Waals surface area contributed by atoms with Gasteiger partial charge in [-0.15, -0.1) is 0 Å². The molecular formula is C41H33Br2ClN2O7. The Kier molecular flexibility index (Phi) is 9.02. The van der Waals surface area contributed by atoms with Gasteiger partial charge in [0.15, 0.2) is 11.5 Å². The standard InChI is InChI=1S/C41H33Br2ClN2O7/c1-53-31-20-29(34(42)35(43)36(31)48)33-26-14-15-27-32(39(51)45(37(27)49)17-16-21-10-12-25(47)13-11-21)28(26)19-30-38(50)46(24-9-5-8-23(44)18-24)40(52)41(30,33)22-6-3-2-4-7-22/h2-14,18,20,27-28,30,32-33,47-48H,15-17,19H2,1H3/t27-,28+,30-,32-,33+,41+/m0/s1. The number of fused-ring (bicyclic) bond motifs is 4. The lowest BCUT2D eigenvalue weighted by molar-refractivity contribution is -0.140. The van der Waals surface area contributed by atoms with Crippen LogP contribution < -0.4 is 9.64 Å². The molecule has 4 amide bonds. The molecular weight excluding hydrogens is 828 g/mol. The van der Waals surface area contributed by atoms with Crippen molar-refractivity contribution in [2.75, 3.05) is 18.6 Å². The highest BCUT2D eigenvalue weighted by atomic mass is 79.9. The smallest absolute Gasteiger partial charge is 0.246 e. The van der Waals surface area contributed by atoms with Gasteiger partial charge >= 0.3 is 0 Å². The zero-order valence-corrected chi connectivity index (χ0v) is 32.3. The molecule has 6 atom stereocenters. The van der Waals surface area contributed by atoms with E-state index in [1.807, 2.05) is 36.4 Å². The van der Waals surface area contributed by atoms with Crippen LogP contribution >= 0.6 is 43.5 Å². The number of phenols is 2. The monoisotopic (exact) mass is 858 g/mol. The number of phenolic OH excluding ortho intramolecular Hbond substituents is 2. The fourth-order valence-electron chi connectivity index (χ4n) is 9.25. The highest BCUT2D eigenvalue weighted by Crippen LogP contribution is 2.66. The number of halogens is 3. The van der Waals surface area contributed by atoms with E-state index in [2.05, 4.69) is 31.9 Å². The van der Waals surface area contributed by atoms with Crippen LogP contribution in [0.15, 0.2) is 106 Å². The number of imide groups is 2. The summed E-state index contributed by atoms with van der Waals surface area (Å²) in [5.74, 6) is -4.98. The molecule has 4 aromatic rings. The van der Waals surface area contributed by atoms with E-state index in [0.29, 0.717) is 37.2 Å². The highest BCUT2D eigenvalue weighted by molar-refractivity contribution is 9.13. The fourth-order valence-corrected chi connectivity index (χ4v) is 10.4. The predicted octanol–water partition coefficient (Wildman–Crippen LogP) is 7.69. The Labute approximate surface area is 327 Å². The first-order valence-electron chi connectivity index (χ1n) is 17.3. The van der Waals surface area contributed by atoms with Gasteiger partial charge in [0.1, 0.15) is 5.75 Å². The van der Waals surface area contributed by atoms with Crippen LogP contribution in [0.2, 0.25) is 5.02 Å². The Bertz CT molecular complexity index is 2230. The Morgan fingerprint density at radius 3 is 2.30 bits per heavy atom. The van der Waals surface area contributed by atoms with Gasteiger partial charge in [0.05, 0.1) is 40.4 Å². The third-order valence-corrected chi connectivity index (χ3v) is 13.9. The Morgan fingerprint density at radius 1 is 0.868 bits per heavy atom. The van der Waals surface area contributed by atoms with Crippen LogP contribution in [0.4, 0.5) is 5.69 Å². The van der Waals surface area contributed by atoms with E-state index >= 15 is 4.79 Å². The first-order valence-corrected chi connectivity index (χ1v) is 19.2. The van der Waals surface area contributed by atoms with Crippen molar-refractivity contribution >= 4 is 72.8 Å². The van der Waals surface area contributed by atoms with Crippen molar-refractivity contribution in [2.45, 2.75) is 30.6 Å². The minimum Gasteiger partial charge on any atom is -0.508 e. The second-order valence-corrected chi connectivity index (χ2v) is 16.0. The normalized spacial score (nSPS) is 26.3. The Balaban J connectivity index is 1.32. The second-order valence-electron chi connectivity index (χ2n) is 14.0. The molecule has 53 heavy (non-hydrogen) atoms. The summed E-state index contributed by atoms with van der Waals surface area (Å²) in [6, 6.07) is 24.2. The number of anilines is 1. The van der Waals surface area contributed by atoms with Crippen LogP contribution in [-0.4, -0.2) is 52.4 Å². The number of carbonyl (C=O) groups is 4. The molecule has 0 radical (unpaired) electrons. The van der Waals surface area contributed by atoms with Crippen molar-refractivity contribution < 1.29 is 34.1 Å². The third-order valence-electron chi connectivity index (χ3n) is 11.5. The number of rotatable bonds is 7. The molecule has 0 aromatic heterocycles. The van der Waals surface area contributed by atoms with Gasteiger partial charge in [0, 0.05) is 22.0 Å². The third kappa shape index (κ3) is 5.37. The molecule has 2 saturated heterocycles. The lowest BCUT2D eigenvalue weighted by Crippen LogP contribution is -2.53. The minimum absolute atomic E-state index is 0.129. The van der Waals surface area contributed by atoms with E-state index in [1.165, 1.54) is 16.9 Å².